The van der Waals surface area contributed by atoms with E-state index in [1.54, 1.807) is 0 Å². The molecule has 0 aliphatic carbocycles. The van der Waals surface area contributed by atoms with E-state index in [9.17, 15) is 4.21 Å². The van der Waals surface area contributed by atoms with Crippen LogP contribution < -0.4 is 0 Å². The molecular formula is CH5NaO4S. The second-order valence-electron chi connectivity index (χ2n) is 0.695. The van der Waals surface area contributed by atoms with E-state index in [4.69, 9.17) is 13.9 Å². The topological polar surface area (TPSA) is 74.6 Å². The van der Waals surface area contributed by atoms with Crippen LogP contribution in [0.3, 0.4) is 0 Å². The molecule has 4 nitrogen and oxygen atoms in total. The van der Waals surface area contributed by atoms with Gasteiger partial charge in [0.05, 0.1) is 0 Å². The van der Waals surface area contributed by atoms with Gasteiger partial charge in [-0.3, -0.25) is 4.79 Å². The van der Waals surface area contributed by atoms with E-state index in [1.807, 2.05) is 0 Å². The van der Waals surface area contributed by atoms with Gasteiger partial charge in [0.2, 0.25) is 5.62 Å². The summed E-state index contributed by atoms with van der Waals surface area (Å²) in [6.45, 7) is 0. The van der Waals surface area contributed by atoms with Gasteiger partial charge in [0.15, 0.2) is 0 Å². The Hall–Kier alpha value is 0.740. The van der Waals surface area contributed by atoms with Gasteiger partial charge < -0.3 is 9.11 Å². The Morgan fingerprint density at radius 1 is 1.43 bits per heavy atom. The molecule has 0 aromatic heterocycles. The summed E-state index contributed by atoms with van der Waals surface area (Å²) in [4.78, 5) is 9.06. The van der Waals surface area contributed by atoms with E-state index in [0.29, 0.717) is 0 Å². The zero-order chi connectivity index (χ0) is 5.21. The molecule has 0 spiro atoms. The van der Waals surface area contributed by atoms with Crippen molar-refractivity contribution >= 4 is 45.7 Å². The van der Waals surface area contributed by atoms with E-state index in [0.717, 1.165) is 0 Å². The molecule has 0 radical (unpaired) electrons. The molecule has 0 fully saturated rings. The first-order chi connectivity index (χ1) is 2.56. The van der Waals surface area contributed by atoms with Crippen LogP contribution >= 0.6 is 0 Å². The summed E-state index contributed by atoms with van der Waals surface area (Å²) >= 11 is 0. The van der Waals surface area contributed by atoms with Crippen molar-refractivity contribution in [2.45, 2.75) is 0 Å². The zero-order valence-electron chi connectivity index (χ0n) is 2.74. The molecule has 6 heteroatoms. The van der Waals surface area contributed by atoms with Crippen molar-refractivity contribution in [1.82, 2.24) is 0 Å². The fourth-order valence-electron chi connectivity index (χ4n) is 0. The summed E-state index contributed by atoms with van der Waals surface area (Å²) in [5.41, 5.74) is -0.396. The number of carbonyl (C=O) groups excluding carboxylic acids is 1. The number of hydrogen-bond acceptors (Lipinski definition) is 2. The molecule has 0 rings (SSSR count). The first kappa shape index (κ1) is 10.7. The fraction of sp³-hybridized carbons (Fsp3) is 0. The maximum absolute atomic E-state index is 9.33. The molecule has 0 saturated heterocycles. The van der Waals surface area contributed by atoms with Crippen molar-refractivity contribution in [3.05, 3.63) is 0 Å². The molecule has 0 bridgehead atoms. The van der Waals surface area contributed by atoms with Crippen LogP contribution in [0.5, 0.6) is 0 Å². The summed E-state index contributed by atoms with van der Waals surface area (Å²) in [7, 11) is -4.33. The molecule has 0 aromatic rings. The molecule has 2 N–H and O–H groups in total. The Morgan fingerprint density at radius 2 is 1.57 bits per heavy atom. The van der Waals surface area contributed by atoms with Gasteiger partial charge in [0.1, 0.15) is 10.5 Å². The minimum absolute atomic E-state index is 0. The predicted molar refractivity (Wildman–Crippen MR) is 28.7 cm³/mol. The molecule has 0 aliphatic heterocycles. The van der Waals surface area contributed by atoms with Gasteiger partial charge in [-0.2, -0.15) is 0 Å². The summed E-state index contributed by atoms with van der Waals surface area (Å²) in [6, 6.07) is 0. The average molecular weight is 136 g/mol. The van der Waals surface area contributed by atoms with Gasteiger partial charge in [-0.1, -0.05) is 0 Å². The summed E-state index contributed by atoms with van der Waals surface area (Å²) < 4.78 is 24.5. The first-order valence-corrected chi connectivity index (χ1v) is 2.76. The first-order valence-electron chi connectivity index (χ1n) is 1.08. The van der Waals surface area contributed by atoms with Crippen LogP contribution in [-0.4, -0.2) is 48.5 Å². The SMILES string of the molecule is O=C[SH](=O)(O)O.[NaH]. The van der Waals surface area contributed by atoms with Crippen LogP contribution in [0.25, 0.3) is 0 Å². The standard InChI is InChI=1S/CH4O4S.Na.H/c2-1-6(3,4)5;;/h1,6H,(H2,3,4,5);;. The van der Waals surface area contributed by atoms with Crippen molar-refractivity contribution in [2.75, 3.05) is 0 Å². The van der Waals surface area contributed by atoms with E-state index >= 15 is 0 Å². The Kier molecular flexibility index (Phi) is 5.65. The number of rotatable bonds is 1. The van der Waals surface area contributed by atoms with Crippen molar-refractivity contribution in [1.29, 1.82) is 0 Å². The normalized spacial score (nSPS) is 11.7. The van der Waals surface area contributed by atoms with Gasteiger partial charge in [-0.15, -0.1) is 0 Å². The van der Waals surface area contributed by atoms with Crippen LogP contribution in [0.4, 0.5) is 0 Å². The number of carbonyl (C=O) groups is 1. The minimum atomic E-state index is -4.33. The van der Waals surface area contributed by atoms with Gasteiger partial charge in [-0.25, -0.2) is 4.21 Å². The molecule has 0 amide bonds. The molecule has 0 aromatic carbocycles. The molecule has 0 saturated carbocycles. The van der Waals surface area contributed by atoms with Crippen molar-refractivity contribution in [2.24, 2.45) is 0 Å². The van der Waals surface area contributed by atoms with E-state index < -0.39 is 16.1 Å². The van der Waals surface area contributed by atoms with Crippen LogP contribution in [0.15, 0.2) is 0 Å². The maximum atomic E-state index is 9.33. The molecule has 0 aliphatic rings. The van der Waals surface area contributed by atoms with E-state index in [1.165, 1.54) is 0 Å². The van der Waals surface area contributed by atoms with Crippen molar-refractivity contribution < 1.29 is 18.1 Å². The number of thiol groups is 1. The Morgan fingerprint density at radius 3 is 1.57 bits per heavy atom. The predicted octanol–water partition coefficient (Wildman–Crippen LogP) is -1.51. The molecule has 0 heterocycles. The van der Waals surface area contributed by atoms with Crippen molar-refractivity contribution in [3.63, 3.8) is 0 Å². The summed E-state index contributed by atoms with van der Waals surface area (Å²) in [5.74, 6) is 0. The number of hydrogen-bond donors (Lipinski definition) is 3. The quantitative estimate of drug-likeness (QED) is 0.233. The molecular weight excluding hydrogens is 131 g/mol. The van der Waals surface area contributed by atoms with E-state index in [-0.39, 0.29) is 29.6 Å². The Bertz CT molecular complexity index is 93.9. The zero-order valence-corrected chi connectivity index (χ0v) is 3.63. The second-order valence-corrected chi connectivity index (χ2v) is 2.08. The van der Waals surface area contributed by atoms with Crippen LogP contribution in [0.1, 0.15) is 0 Å². The average Bonchev–Trinajstić information content (AvgIpc) is 1.35. The summed E-state index contributed by atoms with van der Waals surface area (Å²) in [5, 5.41) is 0. The molecule has 0 unspecified atom stereocenters. The third-order valence-electron chi connectivity index (χ3n) is 0.137. The Labute approximate surface area is 63.7 Å². The van der Waals surface area contributed by atoms with Crippen LogP contribution in [0, 0.1) is 0 Å². The third kappa shape index (κ3) is 10.8. The molecule has 7 heavy (non-hydrogen) atoms. The van der Waals surface area contributed by atoms with Crippen LogP contribution in [-0.2, 0) is 15.3 Å². The van der Waals surface area contributed by atoms with Gasteiger partial charge in [-0.05, 0) is 0 Å². The van der Waals surface area contributed by atoms with Gasteiger partial charge >= 0.3 is 29.6 Å². The Balaban J connectivity index is 0. The fourth-order valence-corrected chi connectivity index (χ4v) is 0. The van der Waals surface area contributed by atoms with Crippen molar-refractivity contribution in [3.8, 4) is 0 Å². The third-order valence-corrected chi connectivity index (χ3v) is 0.412. The van der Waals surface area contributed by atoms with Gasteiger partial charge in [0, 0.05) is 0 Å². The molecule has 40 valence electrons. The van der Waals surface area contributed by atoms with Gasteiger partial charge in [0.25, 0.3) is 0 Å². The van der Waals surface area contributed by atoms with E-state index in [2.05, 4.69) is 0 Å². The van der Waals surface area contributed by atoms with Crippen LogP contribution in [0.2, 0.25) is 0 Å². The molecule has 0 atom stereocenters. The summed E-state index contributed by atoms with van der Waals surface area (Å²) in [6.07, 6.45) is 0. The second kappa shape index (κ2) is 3.71. The monoisotopic (exact) mass is 136 g/mol.